The van der Waals surface area contributed by atoms with E-state index in [0.29, 0.717) is 11.6 Å². The summed E-state index contributed by atoms with van der Waals surface area (Å²) in [4.78, 5) is 11.8. The number of halogens is 3. The third-order valence-corrected chi connectivity index (χ3v) is 3.51. The number of carbonyl (C=O) groups is 1. The fourth-order valence-electron chi connectivity index (χ4n) is 1.26. The van der Waals surface area contributed by atoms with Crippen LogP contribution in [-0.4, -0.2) is 5.78 Å². The summed E-state index contributed by atoms with van der Waals surface area (Å²) in [5.41, 5.74) is 0.272. The van der Waals surface area contributed by atoms with Crippen molar-refractivity contribution in [2.24, 2.45) is 0 Å². The average molecular weight is 303 g/mol. The van der Waals surface area contributed by atoms with Crippen LogP contribution < -0.4 is 0 Å². The Labute approximate surface area is 103 Å². The Morgan fingerprint density at radius 3 is 2.56 bits per heavy atom. The van der Waals surface area contributed by atoms with Gasteiger partial charge in [0.2, 0.25) is 0 Å². The van der Waals surface area contributed by atoms with Gasteiger partial charge in [-0.3, -0.25) is 4.79 Å². The van der Waals surface area contributed by atoms with Gasteiger partial charge in [-0.05, 0) is 34.1 Å². The predicted octanol–water partition coefficient (Wildman–Crippen LogP) is 4.02. The molecule has 82 valence electrons. The molecule has 16 heavy (non-hydrogen) atoms. The normalized spacial score (nSPS) is 10.4. The molecule has 2 rings (SSSR count). The fourth-order valence-corrected chi connectivity index (χ4v) is 2.39. The lowest BCUT2D eigenvalue weighted by atomic mass is 10.1. The topological polar surface area (TPSA) is 17.1 Å². The first-order valence-corrected chi connectivity index (χ1v) is 5.99. The molecule has 0 bridgehead atoms. The number of rotatable bonds is 2. The van der Waals surface area contributed by atoms with Crippen molar-refractivity contribution in [2.75, 3.05) is 0 Å². The molecule has 0 saturated heterocycles. The van der Waals surface area contributed by atoms with Gasteiger partial charge < -0.3 is 0 Å². The van der Waals surface area contributed by atoms with E-state index >= 15 is 0 Å². The number of benzene rings is 1. The van der Waals surface area contributed by atoms with E-state index in [1.54, 1.807) is 11.4 Å². The van der Waals surface area contributed by atoms with E-state index in [2.05, 4.69) is 15.9 Å². The van der Waals surface area contributed by atoms with Crippen LogP contribution >= 0.6 is 27.3 Å². The highest BCUT2D eigenvalue weighted by Crippen LogP contribution is 2.23. The number of carbonyl (C=O) groups excluding carboxylic acids is 1. The van der Waals surface area contributed by atoms with Crippen molar-refractivity contribution in [1.29, 1.82) is 0 Å². The van der Waals surface area contributed by atoms with Gasteiger partial charge in [-0.15, -0.1) is 11.3 Å². The molecule has 0 fully saturated rings. The Balaban J connectivity index is 2.41. The summed E-state index contributed by atoms with van der Waals surface area (Å²) in [7, 11) is 0. The highest BCUT2D eigenvalue weighted by molar-refractivity contribution is 9.11. The maximum Gasteiger partial charge on any atom is 0.196 e. The standard InChI is InChI=1S/C11H5BrF2OS/c12-10-3-6(5-16-10)11(15)8-2-1-7(13)4-9(8)14/h1-5H. The number of ketones is 1. The molecule has 0 aliphatic carbocycles. The van der Waals surface area contributed by atoms with Gasteiger partial charge in [0, 0.05) is 17.0 Å². The molecule has 0 radical (unpaired) electrons. The summed E-state index contributed by atoms with van der Waals surface area (Å²) in [5, 5.41) is 1.62. The fraction of sp³-hybridized carbons (Fsp3) is 0. The first-order chi connectivity index (χ1) is 7.58. The summed E-state index contributed by atoms with van der Waals surface area (Å²) in [6.07, 6.45) is 0. The second-order valence-corrected chi connectivity index (χ2v) is 5.38. The summed E-state index contributed by atoms with van der Waals surface area (Å²) < 4.78 is 26.8. The molecule has 2 aromatic rings. The van der Waals surface area contributed by atoms with Gasteiger partial charge in [0.25, 0.3) is 0 Å². The van der Waals surface area contributed by atoms with Gasteiger partial charge >= 0.3 is 0 Å². The van der Waals surface area contributed by atoms with E-state index < -0.39 is 17.4 Å². The van der Waals surface area contributed by atoms with Crippen LogP contribution in [0.25, 0.3) is 0 Å². The van der Waals surface area contributed by atoms with Crippen LogP contribution in [0.1, 0.15) is 15.9 Å². The summed E-state index contributed by atoms with van der Waals surface area (Å²) >= 11 is 4.55. The van der Waals surface area contributed by atoms with Gasteiger partial charge in [-0.25, -0.2) is 8.78 Å². The first kappa shape index (κ1) is 11.4. The van der Waals surface area contributed by atoms with Crippen molar-refractivity contribution in [3.05, 3.63) is 56.2 Å². The number of thiophene rings is 1. The zero-order valence-electron chi connectivity index (χ0n) is 7.84. The van der Waals surface area contributed by atoms with Crippen molar-refractivity contribution in [1.82, 2.24) is 0 Å². The Morgan fingerprint density at radius 1 is 1.25 bits per heavy atom. The second kappa shape index (κ2) is 4.43. The molecule has 1 aromatic heterocycles. The van der Waals surface area contributed by atoms with Gasteiger partial charge in [-0.1, -0.05) is 0 Å². The van der Waals surface area contributed by atoms with Crippen molar-refractivity contribution >= 4 is 33.0 Å². The zero-order valence-corrected chi connectivity index (χ0v) is 10.2. The van der Waals surface area contributed by atoms with Crippen molar-refractivity contribution < 1.29 is 13.6 Å². The Morgan fingerprint density at radius 2 is 2.00 bits per heavy atom. The molecule has 0 N–H and O–H groups in total. The van der Waals surface area contributed by atoms with Gasteiger partial charge in [-0.2, -0.15) is 0 Å². The lowest BCUT2D eigenvalue weighted by Gasteiger charge is -2.00. The van der Waals surface area contributed by atoms with Gasteiger partial charge in [0.1, 0.15) is 11.6 Å². The van der Waals surface area contributed by atoms with Gasteiger partial charge in [0.15, 0.2) is 5.78 Å². The third-order valence-electron chi connectivity index (χ3n) is 2.01. The molecule has 5 heteroatoms. The lowest BCUT2D eigenvalue weighted by Crippen LogP contribution is -2.03. The Hall–Kier alpha value is -1.07. The van der Waals surface area contributed by atoms with Crippen LogP contribution in [0.5, 0.6) is 0 Å². The van der Waals surface area contributed by atoms with Crippen LogP contribution in [0.15, 0.2) is 33.4 Å². The monoisotopic (exact) mass is 302 g/mol. The van der Waals surface area contributed by atoms with Crippen molar-refractivity contribution in [3.63, 3.8) is 0 Å². The second-order valence-electron chi connectivity index (χ2n) is 3.09. The predicted molar refractivity (Wildman–Crippen MR) is 61.8 cm³/mol. The third kappa shape index (κ3) is 2.20. The van der Waals surface area contributed by atoms with Crippen LogP contribution in [0, 0.1) is 11.6 Å². The van der Waals surface area contributed by atoms with Crippen LogP contribution in [-0.2, 0) is 0 Å². The van der Waals surface area contributed by atoms with Crippen LogP contribution in [0.2, 0.25) is 0 Å². The van der Waals surface area contributed by atoms with Crippen molar-refractivity contribution in [2.45, 2.75) is 0 Å². The highest BCUT2D eigenvalue weighted by atomic mass is 79.9. The molecule has 1 aromatic carbocycles. The highest BCUT2D eigenvalue weighted by Gasteiger charge is 2.15. The molecular weight excluding hydrogens is 298 g/mol. The van der Waals surface area contributed by atoms with E-state index in [9.17, 15) is 13.6 Å². The summed E-state index contributed by atoms with van der Waals surface area (Å²) in [5.74, 6) is -1.98. The number of hydrogen-bond donors (Lipinski definition) is 0. The van der Waals surface area contributed by atoms with E-state index in [4.69, 9.17) is 0 Å². The molecular formula is C11H5BrF2OS. The van der Waals surface area contributed by atoms with E-state index in [-0.39, 0.29) is 5.56 Å². The lowest BCUT2D eigenvalue weighted by molar-refractivity contribution is 0.103. The van der Waals surface area contributed by atoms with Crippen molar-refractivity contribution in [3.8, 4) is 0 Å². The van der Waals surface area contributed by atoms with Crippen LogP contribution in [0.3, 0.4) is 0 Å². The molecule has 1 heterocycles. The molecule has 0 atom stereocenters. The smallest absolute Gasteiger partial charge is 0.196 e. The molecule has 0 unspecified atom stereocenters. The van der Waals surface area contributed by atoms with Crippen LogP contribution in [0.4, 0.5) is 8.78 Å². The minimum Gasteiger partial charge on any atom is -0.288 e. The maximum absolute atomic E-state index is 13.3. The Bertz CT molecular complexity index is 551. The molecule has 0 spiro atoms. The minimum atomic E-state index is -0.840. The molecule has 0 aliphatic rings. The Kier molecular flexibility index (Phi) is 3.16. The summed E-state index contributed by atoms with van der Waals surface area (Å²) in [6, 6.07) is 4.53. The van der Waals surface area contributed by atoms with E-state index in [1.165, 1.54) is 11.3 Å². The van der Waals surface area contributed by atoms with Gasteiger partial charge in [0.05, 0.1) is 9.35 Å². The number of hydrogen-bond acceptors (Lipinski definition) is 2. The molecule has 0 saturated carbocycles. The average Bonchev–Trinajstić information content (AvgIpc) is 2.64. The van der Waals surface area contributed by atoms with E-state index in [1.807, 2.05) is 0 Å². The largest absolute Gasteiger partial charge is 0.288 e. The molecule has 0 aliphatic heterocycles. The quantitative estimate of drug-likeness (QED) is 0.766. The summed E-state index contributed by atoms with van der Waals surface area (Å²) in [6.45, 7) is 0. The zero-order chi connectivity index (χ0) is 11.7. The SMILES string of the molecule is O=C(c1csc(Br)c1)c1ccc(F)cc1F. The molecule has 0 amide bonds. The minimum absolute atomic E-state index is 0.119. The molecule has 1 nitrogen and oxygen atoms in total. The maximum atomic E-state index is 13.3. The first-order valence-electron chi connectivity index (χ1n) is 4.31. The van der Waals surface area contributed by atoms with E-state index in [0.717, 1.165) is 15.9 Å².